The first-order chi connectivity index (χ1) is 29.4. The molecule has 61 heavy (non-hydrogen) atoms. The molecule has 3 aromatic rings. The van der Waals surface area contributed by atoms with E-state index in [2.05, 4.69) is 6.58 Å². The summed E-state index contributed by atoms with van der Waals surface area (Å²) in [5.41, 5.74) is 2.27. The summed E-state index contributed by atoms with van der Waals surface area (Å²) >= 11 is 1.35. The molecule has 0 saturated heterocycles. The van der Waals surface area contributed by atoms with Crippen LogP contribution in [0.3, 0.4) is 0 Å². The van der Waals surface area contributed by atoms with Crippen molar-refractivity contribution in [3.05, 3.63) is 77.4 Å². The highest BCUT2D eigenvalue weighted by molar-refractivity contribution is 7.18. The van der Waals surface area contributed by atoms with Crippen LogP contribution in [0.25, 0.3) is 26.6 Å². The molecule has 0 bridgehead atoms. The van der Waals surface area contributed by atoms with E-state index in [1.165, 1.54) is 17.4 Å². The van der Waals surface area contributed by atoms with Gasteiger partial charge in [0.1, 0.15) is 5.76 Å². The number of unbranched alkanes of at least 4 members (excludes halogenated alkanes) is 4. The average molecular weight is 873 g/mol. The number of carbonyl (C=O) groups excluding carboxylic acids is 3. The van der Waals surface area contributed by atoms with Gasteiger partial charge < -0.3 is 54.7 Å². The first kappa shape index (κ1) is 51.2. The van der Waals surface area contributed by atoms with Crippen LogP contribution in [0, 0.1) is 0 Å². The number of aliphatic hydroxyl groups is 7. The van der Waals surface area contributed by atoms with E-state index in [0.29, 0.717) is 117 Å². The van der Waals surface area contributed by atoms with Gasteiger partial charge in [0, 0.05) is 15.3 Å². The lowest BCUT2D eigenvalue weighted by Gasteiger charge is -2.13. The smallest absolute Gasteiger partial charge is 0.338 e. The summed E-state index contributed by atoms with van der Waals surface area (Å²) in [5.74, 6) is -1.53. The Morgan fingerprint density at radius 3 is 1.20 bits per heavy atom. The van der Waals surface area contributed by atoms with Gasteiger partial charge in [-0.2, -0.15) is 0 Å². The molecule has 7 N–H and O–H groups in total. The first-order valence-corrected chi connectivity index (χ1v) is 22.0. The van der Waals surface area contributed by atoms with Gasteiger partial charge in [0.15, 0.2) is 0 Å². The van der Waals surface area contributed by atoms with Crippen LogP contribution in [0.1, 0.15) is 127 Å². The molecular formula is C46H64O14S. The molecule has 0 spiro atoms. The average Bonchev–Trinajstić information content (AvgIpc) is 3.78. The van der Waals surface area contributed by atoms with Crippen LogP contribution in [0.4, 0.5) is 0 Å². The molecule has 0 saturated carbocycles. The van der Waals surface area contributed by atoms with Crippen LogP contribution in [-0.4, -0.2) is 124 Å². The highest BCUT2D eigenvalue weighted by Crippen LogP contribution is 2.37. The summed E-state index contributed by atoms with van der Waals surface area (Å²) in [5, 5.41) is 65.9. The van der Waals surface area contributed by atoms with Gasteiger partial charge in [-0.15, -0.1) is 11.3 Å². The van der Waals surface area contributed by atoms with E-state index in [1.807, 2.05) is 25.1 Å². The summed E-state index contributed by atoms with van der Waals surface area (Å²) in [6.07, 6.45) is 4.04. The Morgan fingerprint density at radius 1 is 0.508 bits per heavy atom. The monoisotopic (exact) mass is 872 g/mol. The first-order valence-electron chi connectivity index (χ1n) is 21.2. The van der Waals surface area contributed by atoms with E-state index < -0.39 is 42.3 Å². The van der Waals surface area contributed by atoms with Gasteiger partial charge in [0.05, 0.1) is 87.4 Å². The molecule has 0 radical (unpaired) electrons. The molecule has 2 aromatic carbocycles. The van der Waals surface area contributed by atoms with E-state index >= 15 is 0 Å². The topological polar surface area (TPSA) is 230 Å². The summed E-state index contributed by atoms with van der Waals surface area (Å²) < 4.78 is 22.6. The van der Waals surface area contributed by atoms with Crippen LogP contribution in [0.2, 0.25) is 0 Å². The third-order valence-electron chi connectivity index (χ3n) is 9.88. The summed E-state index contributed by atoms with van der Waals surface area (Å²) in [7, 11) is 0. The molecule has 14 nitrogen and oxygen atoms in total. The third-order valence-corrected chi connectivity index (χ3v) is 11.1. The number of thiophene rings is 1. The molecule has 1 aromatic heterocycles. The molecule has 0 aliphatic rings. The van der Waals surface area contributed by atoms with Crippen molar-refractivity contribution in [3.8, 4) is 20.9 Å². The van der Waals surface area contributed by atoms with Crippen molar-refractivity contribution in [2.45, 2.75) is 115 Å². The molecule has 4 unspecified atom stereocenters. The van der Waals surface area contributed by atoms with Crippen LogP contribution in [-0.2, 0) is 18.9 Å². The maximum absolute atomic E-state index is 13.3. The molecule has 15 heteroatoms. The minimum absolute atomic E-state index is 0.0730. The van der Waals surface area contributed by atoms with E-state index in [9.17, 15) is 34.8 Å². The van der Waals surface area contributed by atoms with Crippen molar-refractivity contribution in [1.82, 2.24) is 0 Å². The normalized spacial score (nSPS) is 13.2. The van der Waals surface area contributed by atoms with Crippen molar-refractivity contribution in [3.63, 3.8) is 0 Å². The molecule has 1 heterocycles. The maximum atomic E-state index is 13.3. The van der Waals surface area contributed by atoms with E-state index in [1.54, 1.807) is 24.3 Å². The number of esters is 3. The number of benzene rings is 2. The second-order valence-electron chi connectivity index (χ2n) is 15.0. The fourth-order valence-corrected chi connectivity index (χ4v) is 7.11. The number of ether oxygens (including phenoxy) is 4. The van der Waals surface area contributed by atoms with Crippen LogP contribution in [0.5, 0.6) is 0 Å². The fraction of sp³-hybridized carbons (Fsp3) is 0.543. The SMILES string of the molecule is C=C(OCCCCC(O)CO)c1cc(C(=O)OCCCCC(O)CO)cc(-c2ccc(-c3cc(C(=O)OCCCCC(O)CC)cc(C(=O)OCCCCC(O)CO)c3)s2)c1. The number of carbonyl (C=O) groups is 3. The molecular weight excluding hydrogens is 809 g/mol. The van der Waals surface area contributed by atoms with Crippen molar-refractivity contribution >= 4 is 35.0 Å². The van der Waals surface area contributed by atoms with Gasteiger partial charge in [-0.1, -0.05) is 13.5 Å². The maximum Gasteiger partial charge on any atom is 0.338 e. The predicted octanol–water partition coefficient (Wildman–Crippen LogP) is 6.05. The fourth-order valence-electron chi connectivity index (χ4n) is 6.13. The molecule has 0 fully saturated rings. The number of hydrogen-bond acceptors (Lipinski definition) is 15. The third kappa shape index (κ3) is 18.8. The van der Waals surface area contributed by atoms with Crippen molar-refractivity contribution in [2.75, 3.05) is 46.2 Å². The van der Waals surface area contributed by atoms with Gasteiger partial charge in [-0.3, -0.25) is 0 Å². The summed E-state index contributed by atoms with van der Waals surface area (Å²) in [6, 6.07) is 13.5. The molecule has 0 aliphatic carbocycles. The quantitative estimate of drug-likeness (QED) is 0.0169. The Hall–Kier alpha value is -4.19. The molecule has 0 aliphatic heterocycles. The Morgan fingerprint density at radius 2 is 0.836 bits per heavy atom. The second-order valence-corrected chi connectivity index (χ2v) is 16.1. The van der Waals surface area contributed by atoms with Crippen LogP contribution in [0.15, 0.2) is 55.1 Å². The van der Waals surface area contributed by atoms with Gasteiger partial charge in [0.2, 0.25) is 0 Å². The number of rotatable bonds is 31. The van der Waals surface area contributed by atoms with Gasteiger partial charge in [-0.05, 0) is 143 Å². The Labute approximate surface area is 362 Å². The Bertz CT molecular complexity index is 1560. The Kier molecular flexibility index (Phi) is 23.8. The zero-order valence-corrected chi connectivity index (χ0v) is 36.0. The van der Waals surface area contributed by atoms with Crippen molar-refractivity contribution < 1.29 is 69.1 Å². The largest absolute Gasteiger partial charge is 0.494 e. The lowest BCUT2D eigenvalue weighted by molar-refractivity contribution is 0.0471. The highest BCUT2D eigenvalue weighted by Gasteiger charge is 2.19. The molecule has 3 rings (SSSR count). The van der Waals surface area contributed by atoms with Crippen LogP contribution >= 0.6 is 11.3 Å². The summed E-state index contributed by atoms with van der Waals surface area (Å²) in [4.78, 5) is 41.4. The van der Waals surface area contributed by atoms with Gasteiger partial charge in [-0.25, -0.2) is 14.4 Å². The molecule has 338 valence electrons. The lowest BCUT2D eigenvalue weighted by Crippen LogP contribution is -2.13. The zero-order valence-electron chi connectivity index (χ0n) is 35.2. The Balaban J connectivity index is 1.90. The second kappa shape index (κ2) is 28.4. The van der Waals surface area contributed by atoms with Gasteiger partial charge >= 0.3 is 17.9 Å². The minimum Gasteiger partial charge on any atom is -0.494 e. The van der Waals surface area contributed by atoms with Crippen molar-refractivity contribution in [2.24, 2.45) is 0 Å². The minimum atomic E-state index is -0.840. The van der Waals surface area contributed by atoms with Crippen molar-refractivity contribution in [1.29, 1.82) is 0 Å². The standard InChI is InChI=1S/C46H64O14S/c1-3-38(50)12-4-9-19-59-45(55)36-25-34(26-37(27-36)46(56)60-21-11-7-15-41(53)30-49)43-17-16-42(61-43)33-22-32(31(2)57-18-8-5-13-39(51)28-47)23-35(24-33)44(54)58-20-10-6-14-40(52)29-48/h16-17,22-27,38-41,47-53H,2-15,18-21,28-30H2,1H3. The molecule has 4 atom stereocenters. The van der Waals surface area contributed by atoms with E-state index in [-0.39, 0.29) is 56.3 Å². The lowest BCUT2D eigenvalue weighted by atomic mass is 10.0. The van der Waals surface area contributed by atoms with Gasteiger partial charge in [0.25, 0.3) is 0 Å². The summed E-state index contributed by atoms with van der Waals surface area (Å²) in [6.45, 7) is 5.60. The van der Waals surface area contributed by atoms with E-state index in [4.69, 9.17) is 34.3 Å². The number of hydrogen-bond donors (Lipinski definition) is 7. The molecule has 0 amide bonds. The number of aliphatic hydroxyl groups excluding tert-OH is 7. The predicted molar refractivity (Wildman–Crippen MR) is 232 cm³/mol. The highest BCUT2D eigenvalue weighted by atomic mass is 32.1. The van der Waals surface area contributed by atoms with E-state index in [0.717, 1.165) is 4.88 Å². The zero-order chi connectivity index (χ0) is 44.6. The van der Waals surface area contributed by atoms with Crippen LogP contribution < -0.4 is 0 Å².